The molecular formula is C18H39NO. The Morgan fingerprint density at radius 2 is 1.40 bits per heavy atom. The molecule has 0 aliphatic rings. The van der Waals surface area contributed by atoms with E-state index in [-0.39, 0.29) is 0 Å². The highest BCUT2D eigenvalue weighted by Gasteiger charge is 2.22. The predicted molar refractivity (Wildman–Crippen MR) is 90.3 cm³/mol. The van der Waals surface area contributed by atoms with Crippen molar-refractivity contribution in [1.29, 1.82) is 0 Å². The minimum Gasteiger partial charge on any atom is -0.380 e. The summed E-state index contributed by atoms with van der Waals surface area (Å²) in [6, 6.07) is 0.519. The van der Waals surface area contributed by atoms with Crippen molar-refractivity contribution in [2.45, 2.75) is 97.6 Å². The van der Waals surface area contributed by atoms with Crippen LogP contribution in [0.3, 0.4) is 0 Å². The summed E-state index contributed by atoms with van der Waals surface area (Å²) in [6.07, 6.45) is 12.7. The third-order valence-electron chi connectivity index (χ3n) is 4.16. The van der Waals surface area contributed by atoms with Crippen LogP contribution >= 0.6 is 0 Å². The van der Waals surface area contributed by atoms with E-state index in [1.165, 1.54) is 57.8 Å². The lowest BCUT2D eigenvalue weighted by molar-refractivity contribution is 0.0304. The van der Waals surface area contributed by atoms with Crippen LogP contribution in [0.15, 0.2) is 0 Å². The number of ether oxygens (including phenoxy) is 1. The Balaban J connectivity index is 3.75. The van der Waals surface area contributed by atoms with Crippen LogP contribution in [-0.2, 0) is 4.74 Å². The highest BCUT2D eigenvalue weighted by molar-refractivity contribution is 4.79. The molecule has 0 aromatic heterocycles. The van der Waals surface area contributed by atoms with Crippen LogP contribution in [0.25, 0.3) is 0 Å². The number of rotatable bonds is 14. The molecule has 0 spiro atoms. The largest absolute Gasteiger partial charge is 0.380 e. The molecule has 2 heteroatoms. The van der Waals surface area contributed by atoms with E-state index in [0.29, 0.717) is 18.1 Å². The zero-order valence-electron chi connectivity index (χ0n) is 14.7. The molecule has 2 nitrogen and oxygen atoms in total. The summed E-state index contributed by atoms with van der Waals surface area (Å²) in [5, 5.41) is 3.61. The van der Waals surface area contributed by atoms with Gasteiger partial charge in [0.15, 0.2) is 0 Å². The predicted octanol–water partition coefficient (Wildman–Crippen LogP) is 5.17. The smallest absolute Gasteiger partial charge is 0.0747 e. The van der Waals surface area contributed by atoms with Crippen molar-refractivity contribution in [1.82, 2.24) is 5.32 Å². The Hall–Kier alpha value is -0.0800. The Morgan fingerprint density at radius 1 is 0.850 bits per heavy atom. The van der Waals surface area contributed by atoms with E-state index < -0.39 is 0 Å². The number of unbranched alkanes of at least 4 members (excludes halogenated alkanes) is 7. The van der Waals surface area contributed by atoms with E-state index >= 15 is 0 Å². The van der Waals surface area contributed by atoms with Crippen molar-refractivity contribution in [3.63, 3.8) is 0 Å². The summed E-state index contributed by atoms with van der Waals surface area (Å²) >= 11 is 0. The number of nitrogens with one attached hydrogen (secondary N) is 1. The molecule has 122 valence electrons. The van der Waals surface area contributed by atoms with Gasteiger partial charge in [0, 0.05) is 13.2 Å². The number of methoxy groups -OCH3 is 1. The highest BCUT2D eigenvalue weighted by Crippen LogP contribution is 2.17. The molecule has 0 heterocycles. The third kappa shape index (κ3) is 9.77. The highest BCUT2D eigenvalue weighted by atomic mass is 16.5. The van der Waals surface area contributed by atoms with Crippen molar-refractivity contribution in [3.8, 4) is 0 Å². The first-order valence-electron chi connectivity index (χ1n) is 8.93. The molecule has 2 unspecified atom stereocenters. The maximum absolute atomic E-state index is 5.69. The molecule has 0 saturated heterocycles. The van der Waals surface area contributed by atoms with E-state index in [4.69, 9.17) is 4.74 Å². The average Bonchev–Trinajstić information content (AvgIpc) is 2.42. The van der Waals surface area contributed by atoms with E-state index in [9.17, 15) is 0 Å². The lowest BCUT2D eigenvalue weighted by atomic mass is 9.94. The minimum absolute atomic E-state index is 0.347. The van der Waals surface area contributed by atoms with Gasteiger partial charge in [-0.2, -0.15) is 0 Å². The van der Waals surface area contributed by atoms with Gasteiger partial charge in [0.1, 0.15) is 0 Å². The number of hydrogen-bond acceptors (Lipinski definition) is 2. The molecule has 0 bridgehead atoms. The molecule has 1 N–H and O–H groups in total. The molecule has 0 aromatic rings. The molecule has 0 amide bonds. The van der Waals surface area contributed by atoms with Gasteiger partial charge in [-0.1, -0.05) is 79.1 Å². The van der Waals surface area contributed by atoms with Crippen molar-refractivity contribution >= 4 is 0 Å². The van der Waals surface area contributed by atoms with Gasteiger partial charge in [0.25, 0.3) is 0 Å². The quantitative estimate of drug-likeness (QED) is 0.445. The van der Waals surface area contributed by atoms with Crippen LogP contribution in [-0.4, -0.2) is 25.8 Å². The second-order valence-electron chi connectivity index (χ2n) is 6.37. The summed E-state index contributed by atoms with van der Waals surface area (Å²) in [5.41, 5.74) is 0. The Kier molecular flexibility index (Phi) is 13.8. The first-order chi connectivity index (χ1) is 9.67. The molecule has 20 heavy (non-hydrogen) atoms. The maximum Gasteiger partial charge on any atom is 0.0747 e. The Morgan fingerprint density at radius 3 is 1.85 bits per heavy atom. The van der Waals surface area contributed by atoms with Gasteiger partial charge >= 0.3 is 0 Å². The fourth-order valence-corrected chi connectivity index (χ4v) is 3.04. The van der Waals surface area contributed by atoms with Crippen molar-refractivity contribution in [3.05, 3.63) is 0 Å². The summed E-state index contributed by atoms with van der Waals surface area (Å²) in [5.74, 6) is 0.582. The van der Waals surface area contributed by atoms with Gasteiger partial charge < -0.3 is 10.1 Å². The minimum atomic E-state index is 0.347. The summed E-state index contributed by atoms with van der Waals surface area (Å²) in [7, 11) is 1.85. The summed E-state index contributed by atoms with van der Waals surface area (Å²) in [4.78, 5) is 0. The SMILES string of the molecule is CCCCCCCCCCC(NCC)C(OC)C(C)C. The van der Waals surface area contributed by atoms with Gasteiger partial charge in [0.2, 0.25) is 0 Å². The van der Waals surface area contributed by atoms with Crippen LogP contribution in [0.1, 0.15) is 85.5 Å². The maximum atomic E-state index is 5.69. The Labute approximate surface area is 128 Å². The first kappa shape index (κ1) is 19.9. The van der Waals surface area contributed by atoms with Crippen molar-refractivity contribution < 1.29 is 4.74 Å². The normalized spacial score (nSPS) is 14.7. The van der Waals surface area contributed by atoms with E-state index in [2.05, 4.69) is 33.0 Å². The molecule has 0 fully saturated rings. The van der Waals surface area contributed by atoms with Gasteiger partial charge in [-0.05, 0) is 18.9 Å². The van der Waals surface area contributed by atoms with Crippen LogP contribution < -0.4 is 5.32 Å². The second-order valence-corrected chi connectivity index (χ2v) is 6.37. The van der Waals surface area contributed by atoms with Gasteiger partial charge in [-0.25, -0.2) is 0 Å². The van der Waals surface area contributed by atoms with Gasteiger partial charge in [0.05, 0.1) is 6.10 Å². The van der Waals surface area contributed by atoms with E-state index in [1.54, 1.807) is 0 Å². The lowest BCUT2D eigenvalue weighted by Crippen LogP contribution is -2.43. The van der Waals surface area contributed by atoms with Crippen molar-refractivity contribution in [2.24, 2.45) is 5.92 Å². The standard InChI is InChI=1S/C18H39NO/c1-6-8-9-10-11-12-13-14-15-17(19-7-2)18(20-5)16(3)4/h16-19H,6-15H2,1-5H3. The molecule has 2 atom stereocenters. The second kappa shape index (κ2) is 13.9. The summed E-state index contributed by atoms with van der Waals surface area (Å²) in [6.45, 7) is 10.0. The molecule has 0 aliphatic carbocycles. The van der Waals surface area contributed by atoms with E-state index in [1.807, 2.05) is 7.11 Å². The van der Waals surface area contributed by atoms with Crippen LogP contribution in [0, 0.1) is 5.92 Å². The monoisotopic (exact) mass is 285 g/mol. The van der Waals surface area contributed by atoms with Gasteiger partial charge in [-0.15, -0.1) is 0 Å². The topological polar surface area (TPSA) is 21.3 Å². The summed E-state index contributed by atoms with van der Waals surface area (Å²) < 4.78 is 5.69. The Bertz CT molecular complexity index is 194. The van der Waals surface area contributed by atoms with E-state index in [0.717, 1.165) is 6.54 Å². The molecular weight excluding hydrogens is 246 g/mol. The number of hydrogen-bond donors (Lipinski definition) is 1. The average molecular weight is 286 g/mol. The fraction of sp³-hybridized carbons (Fsp3) is 1.00. The molecule has 0 aromatic carbocycles. The zero-order chi connectivity index (χ0) is 15.2. The lowest BCUT2D eigenvalue weighted by Gasteiger charge is -2.29. The molecule has 0 saturated carbocycles. The first-order valence-corrected chi connectivity index (χ1v) is 8.93. The molecule has 0 aliphatic heterocycles. The zero-order valence-corrected chi connectivity index (χ0v) is 14.7. The van der Waals surface area contributed by atoms with Gasteiger partial charge in [-0.3, -0.25) is 0 Å². The van der Waals surface area contributed by atoms with Crippen molar-refractivity contribution in [2.75, 3.05) is 13.7 Å². The number of likely N-dealkylation sites (N-methyl/N-ethyl adjacent to an activating group) is 1. The third-order valence-corrected chi connectivity index (χ3v) is 4.16. The molecule has 0 radical (unpaired) electrons. The fourth-order valence-electron chi connectivity index (χ4n) is 3.04. The van der Waals surface area contributed by atoms with Crippen LogP contribution in [0.4, 0.5) is 0 Å². The van der Waals surface area contributed by atoms with Crippen LogP contribution in [0.5, 0.6) is 0 Å². The van der Waals surface area contributed by atoms with Crippen LogP contribution in [0.2, 0.25) is 0 Å². The molecule has 0 rings (SSSR count).